The summed E-state index contributed by atoms with van der Waals surface area (Å²) in [6, 6.07) is 11.5. The van der Waals surface area contributed by atoms with E-state index in [2.05, 4.69) is 0 Å². The molecule has 0 spiro atoms. The number of benzene rings is 2. The molecule has 21 heavy (non-hydrogen) atoms. The summed E-state index contributed by atoms with van der Waals surface area (Å²) in [7, 11) is 0. The molecule has 2 rings (SSSR count). The maximum Gasteiger partial charge on any atom is 0.416 e. The quantitative estimate of drug-likeness (QED) is 0.669. The molecule has 0 bridgehead atoms. The molecule has 0 aliphatic carbocycles. The van der Waals surface area contributed by atoms with E-state index in [1.54, 1.807) is 30.3 Å². The highest BCUT2D eigenvalue weighted by Gasteiger charge is 2.30. The first kappa shape index (κ1) is 14.9. The van der Waals surface area contributed by atoms with Crippen LogP contribution in [0.15, 0.2) is 48.5 Å². The minimum absolute atomic E-state index is 0.0311. The van der Waals surface area contributed by atoms with Crippen molar-refractivity contribution in [2.24, 2.45) is 5.73 Å². The van der Waals surface area contributed by atoms with Crippen LogP contribution >= 0.6 is 0 Å². The van der Waals surface area contributed by atoms with E-state index in [1.807, 2.05) is 0 Å². The first-order valence-corrected chi connectivity index (χ1v) is 6.09. The van der Waals surface area contributed by atoms with E-state index in [1.165, 1.54) is 6.07 Å². The SMILES string of the molecule is N=C(N)c1ccc(OCc2cccc(C(F)(F)F)c2)cc1. The lowest BCUT2D eigenvalue weighted by Crippen LogP contribution is -2.10. The van der Waals surface area contributed by atoms with Crippen LogP contribution in [0, 0.1) is 5.41 Å². The largest absolute Gasteiger partial charge is 0.489 e. The Labute approximate surface area is 119 Å². The molecule has 0 saturated carbocycles. The van der Waals surface area contributed by atoms with Gasteiger partial charge >= 0.3 is 6.18 Å². The summed E-state index contributed by atoms with van der Waals surface area (Å²) in [4.78, 5) is 0. The molecule has 0 heterocycles. The Bertz CT molecular complexity index is 636. The summed E-state index contributed by atoms with van der Waals surface area (Å²) in [5.41, 5.74) is 5.61. The summed E-state index contributed by atoms with van der Waals surface area (Å²) >= 11 is 0. The standard InChI is InChI=1S/C15H13F3N2O/c16-15(17,18)12-3-1-2-10(8-12)9-21-13-6-4-11(5-7-13)14(19)20/h1-8H,9H2,(H3,19,20). The van der Waals surface area contributed by atoms with Crippen LogP contribution in [0.2, 0.25) is 0 Å². The van der Waals surface area contributed by atoms with E-state index in [0.29, 0.717) is 16.9 Å². The molecule has 0 fully saturated rings. The van der Waals surface area contributed by atoms with Gasteiger partial charge in [-0.2, -0.15) is 13.2 Å². The number of halogens is 3. The lowest BCUT2D eigenvalue weighted by atomic mass is 10.1. The molecule has 6 heteroatoms. The number of ether oxygens (including phenoxy) is 1. The zero-order valence-electron chi connectivity index (χ0n) is 10.9. The Kier molecular flexibility index (Phi) is 4.16. The van der Waals surface area contributed by atoms with E-state index in [4.69, 9.17) is 15.9 Å². The van der Waals surface area contributed by atoms with Crippen molar-refractivity contribution >= 4 is 5.84 Å². The molecule has 2 aromatic carbocycles. The maximum absolute atomic E-state index is 12.6. The summed E-state index contributed by atoms with van der Waals surface area (Å²) in [6.45, 7) is 0.0311. The zero-order chi connectivity index (χ0) is 15.5. The normalized spacial score (nSPS) is 11.2. The molecule has 3 N–H and O–H groups in total. The first-order valence-electron chi connectivity index (χ1n) is 6.09. The molecule has 0 aliphatic heterocycles. The van der Waals surface area contributed by atoms with E-state index in [-0.39, 0.29) is 12.4 Å². The van der Waals surface area contributed by atoms with Crippen LogP contribution in [0.25, 0.3) is 0 Å². The van der Waals surface area contributed by atoms with Crippen molar-refractivity contribution in [2.45, 2.75) is 12.8 Å². The Morgan fingerprint density at radius 2 is 1.76 bits per heavy atom. The van der Waals surface area contributed by atoms with Gasteiger partial charge in [-0.15, -0.1) is 0 Å². The third-order valence-corrected chi connectivity index (χ3v) is 2.83. The second-order valence-electron chi connectivity index (χ2n) is 4.42. The second kappa shape index (κ2) is 5.87. The number of rotatable bonds is 4. The zero-order valence-corrected chi connectivity index (χ0v) is 10.9. The van der Waals surface area contributed by atoms with Crippen molar-refractivity contribution < 1.29 is 17.9 Å². The van der Waals surface area contributed by atoms with Crippen molar-refractivity contribution in [1.82, 2.24) is 0 Å². The van der Waals surface area contributed by atoms with Crippen LogP contribution in [0.4, 0.5) is 13.2 Å². The molecule has 3 nitrogen and oxygen atoms in total. The number of hydrogen-bond donors (Lipinski definition) is 2. The third-order valence-electron chi connectivity index (χ3n) is 2.83. The van der Waals surface area contributed by atoms with Crippen LogP contribution in [-0.2, 0) is 12.8 Å². The van der Waals surface area contributed by atoms with Crippen molar-refractivity contribution in [3.8, 4) is 5.75 Å². The molecule has 0 unspecified atom stereocenters. The van der Waals surface area contributed by atoms with E-state index < -0.39 is 11.7 Å². The van der Waals surface area contributed by atoms with Crippen LogP contribution in [0.5, 0.6) is 5.75 Å². The van der Waals surface area contributed by atoms with Crippen molar-refractivity contribution in [1.29, 1.82) is 5.41 Å². The Morgan fingerprint density at radius 3 is 2.33 bits per heavy atom. The minimum Gasteiger partial charge on any atom is -0.489 e. The van der Waals surface area contributed by atoms with Gasteiger partial charge in [-0.05, 0) is 42.0 Å². The topological polar surface area (TPSA) is 59.1 Å². The van der Waals surface area contributed by atoms with E-state index in [0.717, 1.165) is 12.1 Å². The molecule has 0 radical (unpaired) electrons. The first-order chi connectivity index (χ1) is 9.86. The fraction of sp³-hybridized carbons (Fsp3) is 0.133. The molecule has 0 aromatic heterocycles. The van der Waals surface area contributed by atoms with Gasteiger partial charge in [0.15, 0.2) is 0 Å². The third kappa shape index (κ3) is 3.98. The second-order valence-corrected chi connectivity index (χ2v) is 4.42. The Hall–Kier alpha value is -2.50. The molecule has 110 valence electrons. The maximum atomic E-state index is 12.6. The van der Waals surface area contributed by atoms with Gasteiger partial charge in [-0.3, -0.25) is 5.41 Å². The lowest BCUT2D eigenvalue weighted by molar-refractivity contribution is -0.137. The van der Waals surface area contributed by atoms with Crippen LogP contribution in [0.3, 0.4) is 0 Å². The van der Waals surface area contributed by atoms with Crippen LogP contribution < -0.4 is 10.5 Å². The van der Waals surface area contributed by atoms with Gasteiger partial charge in [0.25, 0.3) is 0 Å². The number of hydrogen-bond acceptors (Lipinski definition) is 2. The van der Waals surface area contributed by atoms with E-state index >= 15 is 0 Å². The molecular formula is C15H13F3N2O. The summed E-state index contributed by atoms with van der Waals surface area (Å²) < 4.78 is 43.2. The predicted molar refractivity (Wildman–Crippen MR) is 73.2 cm³/mol. The molecule has 0 aliphatic rings. The number of nitrogen functional groups attached to an aromatic ring is 1. The predicted octanol–water partition coefficient (Wildman–Crippen LogP) is 3.57. The van der Waals surface area contributed by atoms with Crippen LogP contribution in [-0.4, -0.2) is 5.84 Å². The highest BCUT2D eigenvalue weighted by atomic mass is 19.4. The number of alkyl halides is 3. The lowest BCUT2D eigenvalue weighted by Gasteiger charge is -2.10. The average molecular weight is 294 g/mol. The smallest absolute Gasteiger partial charge is 0.416 e. The fourth-order valence-electron chi connectivity index (χ4n) is 1.73. The summed E-state index contributed by atoms with van der Waals surface area (Å²) in [6.07, 6.45) is -4.36. The minimum atomic E-state index is -4.36. The molecule has 0 atom stereocenters. The van der Waals surface area contributed by atoms with Gasteiger partial charge in [0.2, 0.25) is 0 Å². The summed E-state index contributed by atoms with van der Waals surface area (Å²) in [5, 5.41) is 7.25. The number of nitrogens with two attached hydrogens (primary N) is 1. The van der Waals surface area contributed by atoms with E-state index in [9.17, 15) is 13.2 Å². The number of amidine groups is 1. The molecule has 0 amide bonds. The highest BCUT2D eigenvalue weighted by molar-refractivity contribution is 5.94. The number of nitrogens with one attached hydrogen (secondary N) is 1. The Morgan fingerprint density at radius 1 is 1.10 bits per heavy atom. The van der Waals surface area contributed by atoms with Crippen molar-refractivity contribution in [2.75, 3.05) is 0 Å². The Balaban J connectivity index is 2.04. The van der Waals surface area contributed by atoms with Gasteiger partial charge in [0.1, 0.15) is 18.2 Å². The molecule has 0 saturated heterocycles. The molecular weight excluding hydrogens is 281 g/mol. The highest BCUT2D eigenvalue weighted by Crippen LogP contribution is 2.29. The fourth-order valence-corrected chi connectivity index (χ4v) is 1.73. The van der Waals surface area contributed by atoms with Crippen molar-refractivity contribution in [3.63, 3.8) is 0 Å². The van der Waals surface area contributed by atoms with Crippen molar-refractivity contribution in [3.05, 3.63) is 65.2 Å². The van der Waals surface area contributed by atoms with Gasteiger partial charge in [0, 0.05) is 5.56 Å². The van der Waals surface area contributed by atoms with Gasteiger partial charge in [0.05, 0.1) is 5.56 Å². The van der Waals surface area contributed by atoms with Gasteiger partial charge < -0.3 is 10.5 Å². The van der Waals surface area contributed by atoms with Gasteiger partial charge in [-0.1, -0.05) is 12.1 Å². The van der Waals surface area contributed by atoms with Crippen LogP contribution in [0.1, 0.15) is 16.7 Å². The summed E-state index contributed by atoms with van der Waals surface area (Å²) in [5.74, 6) is 0.442. The monoisotopic (exact) mass is 294 g/mol. The van der Waals surface area contributed by atoms with Gasteiger partial charge in [-0.25, -0.2) is 0 Å². The molecule has 2 aromatic rings. The average Bonchev–Trinajstić information content (AvgIpc) is 2.45.